The summed E-state index contributed by atoms with van der Waals surface area (Å²) in [5, 5.41) is 13.5. The standard InChI is InChI=1S/C11H10Cl2N2O3/c1-11(2-3-11)14-10(16)7-4-6(15(17)18)5-8(12)9(7)13/h4-5H,2-3H2,1H3,(H,14,16). The molecule has 1 N–H and O–H groups in total. The quantitative estimate of drug-likeness (QED) is 0.686. The Morgan fingerprint density at radius 1 is 1.44 bits per heavy atom. The molecule has 0 unspecified atom stereocenters. The van der Waals surface area contributed by atoms with Gasteiger partial charge in [0.15, 0.2) is 0 Å². The first kappa shape index (κ1) is 13.1. The molecule has 0 radical (unpaired) electrons. The lowest BCUT2D eigenvalue weighted by atomic mass is 10.1. The number of nitrogens with zero attached hydrogens (tertiary/aromatic N) is 1. The van der Waals surface area contributed by atoms with Gasteiger partial charge < -0.3 is 5.32 Å². The van der Waals surface area contributed by atoms with Crippen LogP contribution in [0.5, 0.6) is 0 Å². The van der Waals surface area contributed by atoms with Gasteiger partial charge in [-0.3, -0.25) is 14.9 Å². The smallest absolute Gasteiger partial charge is 0.271 e. The predicted octanol–water partition coefficient (Wildman–Crippen LogP) is 3.18. The number of non-ortho nitro benzene ring substituents is 1. The Morgan fingerprint density at radius 2 is 2.06 bits per heavy atom. The van der Waals surface area contributed by atoms with Crippen LogP contribution in [0.1, 0.15) is 30.1 Å². The zero-order chi connectivity index (χ0) is 13.5. The minimum absolute atomic E-state index is 0.00281. The second-order valence-corrected chi connectivity index (χ2v) is 5.35. The van der Waals surface area contributed by atoms with E-state index in [0.29, 0.717) is 0 Å². The van der Waals surface area contributed by atoms with E-state index in [1.165, 1.54) is 0 Å². The van der Waals surface area contributed by atoms with Crippen molar-refractivity contribution in [2.75, 3.05) is 0 Å². The van der Waals surface area contributed by atoms with Gasteiger partial charge in [0.1, 0.15) is 0 Å². The number of nitrogens with one attached hydrogen (secondary N) is 1. The first-order chi connectivity index (χ1) is 8.32. The molecular formula is C11H10Cl2N2O3. The molecule has 1 fully saturated rings. The Balaban J connectivity index is 2.36. The molecule has 1 amide bonds. The fourth-order valence-corrected chi connectivity index (χ4v) is 1.91. The number of rotatable bonds is 3. The Kier molecular flexibility index (Phi) is 3.21. The third-order valence-electron chi connectivity index (χ3n) is 2.88. The number of halogens is 2. The van der Waals surface area contributed by atoms with E-state index in [4.69, 9.17) is 23.2 Å². The largest absolute Gasteiger partial charge is 0.347 e. The van der Waals surface area contributed by atoms with Crippen molar-refractivity contribution >= 4 is 34.8 Å². The number of carbonyl (C=O) groups excluding carboxylic acids is 1. The van der Waals surface area contributed by atoms with Crippen LogP contribution in [0.2, 0.25) is 10.0 Å². The molecule has 96 valence electrons. The number of benzene rings is 1. The summed E-state index contributed by atoms with van der Waals surface area (Å²) in [6, 6.07) is 2.26. The van der Waals surface area contributed by atoms with E-state index in [0.717, 1.165) is 25.0 Å². The average Bonchev–Trinajstić information content (AvgIpc) is 2.99. The van der Waals surface area contributed by atoms with Gasteiger partial charge in [-0.2, -0.15) is 0 Å². The van der Waals surface area contributed by atoms with Gasteiger partial charge in [-0.25, -0.2) is 0 Å². The normalized spacial score (nSPS) is 16.2. The lowest BCUT2D eigenvalue weighted by Gasteiger charge is -2.12. The minimum atomic E-state index is -0.613. The Morgan fingerprint density at radius 3 is 2.56 bits per heavy atom. The van der Waals surface area contributed by atoms with Crippen molar-refractivity contribution in [3.05, 3.63) is 37.9 Å². The third-order valence-corrected chi connectivity index (χ3v) is 3.69. The highest BCUT2D eigenvalue weighted by atomic mass is 35.5. The number of nitro groups is 1. The van der Waals surface area contributed by atoms with Crippen LogP contribution < -0.4 is 5.32 Å². The van der Waals surface area contributed by atoms with Crippen LogP contribution >= 0.6 is 23.2 Å². The highest BCUT2D eigenvalue weighted by molar-refractivity contribution is 6.44. The second kappa shape index (κ2) is 4.40. The molecule has 2 rings (SSSR count). The first-order valence-electron chi connectivity index (χ1n) is 5.28. The summed E-state index contributed by atoms with van der Waals surface area (Å²) < 4.78 is 0. The van der Waals surface area contributed by atoms with Crippen LogP contribution in [0, 0.1) is 10.1 Å². The maximum absolute atomic E-state index is 12.0. The lowest BCUT2D eigenvalue weighted by molar-refractivity contribution is -0.384. The summed E-state index contributed by atoms with van der Waals surface area (Å²) in [5.41, 5.74) is -0.447. The van der Waals surface area contributed by atoms with E-state index in [1.807, 2.05) is 6.92 Å². The van der Waals surface area contributed by atoms with Crippen molar-refractivity contribution in [3.8, 4) is 0 Å². The van der Waals surface area contributed by atoms with Crippen LogP contribution in [0.25, 0.3) is 0 Å². The average molecular weight is 289 g/mol. The number of amides is 1. The molecule has 0 aromatic heterocycles. The summed E-state index contributed by atoms with van der Waals surface area (Å²) in [5.74, 6) is -0.439. The highest BCUT2D eigenvalue weighted by Gasteiger charge is 2.39. The van der Waals surface area contributed by atoms with Crippen molar-refractivity contribution in [2.45, 2.75) is 25.3 Å². The van der Waals surface area contributed by atoms with Gasteiger partial charge >= 0.3 is 0 Å². The maximum Gasteiger partial charge on any atom is 0.271 e. The Labute approximate surface area is 113 Å². The van der Waals surface area contributed by atoms with Gasteiger partial charge in [0.2, 0.25) is 0 Å². The first-order valence-corrected chi connectivity index (χ1v) is 6.04. The molecule has 0 aliphatic heterocycles. The molecule has 1 aromatic rings. The number of carbonyl (C=O) groups is 1. The molecule has 1 aliphatic carbocycles. The molecule has 5 nitrogen and oxygen atoms in total. The van der Waals surface area contributed by atoms with Crippen molar-refractivity contribution in [1.82, 2.24) is 5.32 Å². The zero-order valence-electron chi connectivity index (χ0n) is 9.50. The van der Waals surface area contributed by atoms with Gasteiger partial charge in [0.05, 0.1) is 20.5 Å². The predicted molar refractivity (Wildman–Crippen MR) is 68.2 cm³/mol. The van der Waals surface area contributed by atoms with Crippen LogP contribution in [-0.2, 0) is 0 Å². The van der Waals surface area contributed by atoms with E-state index >= 15 is 0 Å². The molecule has 0 spiro atoms. The summed E-state index contributed by atoms with van der Waals surface area (Å²) >= 11 is 11.7. The van der Waals surface area contributed by atoms with Crippen molar-refractivity contribution in [2.24, 2.45) is 0 Å². The molecule has 0 bridgehead atoms. The van der Waals surface area contributed by atoms with Gasteiger partial charge in [0.25, 0.3) is 11.6 Å². The summed E-state index contributed by atoms with van der Waals surface area (Å²) in [6.45, 7) is 1.90. The highest BCUT2D eigenvalue weighted by Crippen LogP contribution is 2.36. The molecule has 7 heteroatoms. The number of hydrogen-bond acceptors (Lipinski definition) is 3. The summed E-state index contributed by atoms with van der Waals surface area (Å²) in [6.07, 6.45) is 1.78. The molecular weight excluding hydrogens is 279 g/mol. The molecule has 1 saturated carbocycles. The maximum atomic E-state index is 12.0. The van der Waals surface area contributed by atoms with Crippen molar-refractivity contribution in [3.63, 3.8) is 0 Å². The molecule has 1 aromatic carbocycles. The monoisotopic (exact) mass is 288 g/mol. The zero-order valence-corrected chi connectivity index (χ0v) is 11.0. The molecule has 0 atom stereocenters. The van der Waals surface area contributed by atoms with Crippen molar-refractivity contribution < 1.29 is 9.72 Å². The van der Waals surface area contributed by atoms with E-state index in [-0.39, 0.29) is 26.8 Å². The Hall–Kier alpha value is -1.33. The molecule has 0 saturated heterocycles. The topological polar surface area (TPSA) is 72.2 Å². The van der Waals surface area contributed by atoms with Crippen LogP contribution in [-0.4, -0.2) is 16.4 Å². The van der Waals surface area contributed by atoms with Crippen LogP contribution in [0.3, 0.4) is 0 Å². The number of hydrogen-bond donors (Lipinski definition) is 1. The van der Waals surface area contributed by atoms with Gasteiger partial charge in [-0.15, -0.1) is 0 Å². The lowest BCUT2D eigenvalue weighted by Crippen LogP contribution is -2.34. The van der Waals surface area contributed by atoms with Crippen molar-refractivity contribution in [1.29, 1.82) is 0 Å². The van der Waals surface area contributed by atoms with E-state index in [1.54, 1.807) is 0 Å². The minimum Gasteiger partial charge on any atom is -0.347 e. The van der Waals surface area contributed by atoms with E-state index in [9.17, 15) is 14.9 Å². The van der Waals surface area contributed by atoms with Crippen LogP contribution in [0.4, 0.5) is 5.69 Å². The Bertz CT molecular complexity index is 541. The SMILES string of the molecule is CC1(NC(=O)c2cc([N+](=O)[O-])cc(Cl)c2Cl)CC1. The molecule has 1 aliphatic rings. The summed E-state index contributed by atoms with van der Waals surface area (Å²) in [4.78, 5) is 22.1. The van der Waals surface area contributed by atoms with E-state index < -0.39 is 10.8 Å². The fourth-order valence-electron chi connectivity index (χ4n) is 1.50. The van der Waals surface area contributed by atoms with E-state index in [2.05, 4.69) is 5.32 Å². The van der Waals surface area contributed by atoms with Gasteiger partial charge in [0, 0.05) is 17.7 Å². The number of nitro benzene ring substituents is 1. The van der Waals surface area contributed by atoms with Gasteiger partial charge in [-0.05, 0) is 19.8 Å². The second-order valence-electron chi connectivity index (χ2n) is 4.56. The fraction of sp³-hybridized carbons (Fsp3) is 0.364. The summed E-state index contributed by atoms with van der Waals surface area (Å²) in [7, 11) is 0. The third kappa shape index (κ3) is 2.57. The molecule has 18 heavy (non-hydrogen) atoms. The van der Waals surface area contributed by atoms with Crippen LogP contribution in [0.15, 0.2) is 12.1 Å². The molecule has 0 heterocycles. The van der Waals surface area contributed by atoms with Gasteiger partial charge in [-0.1, -0.05) is 23.2 Å².